The van der Waals surface area contributed by atoms with Crippen molar-refractivity contribution in [2.75, 3.05) is 13.6 Å². The molecule has 1 aromatic heterocycles. The third kappa shape index (κ3) is 2.42. The van der Waals surface area contributed by atoms with Crippen LogP contribution in [-0.2, 0) is 6.54 Å². The van der Waals surface area contributed by atoms with Crippen molar-refractivity contribution in [2.45, 2.75) is 57.7 Å². The average Bonchev–Trinajstić information content (AvgIpc) is 2.97. The molecule has 0 aromatic carbocycles. The molecule has 0 amide bonds. The maximum Gasteiger partial charge on any atom is 0.141 e. The summed E-state index contributed by atoms with van der Waals surface area (Å²) >= 11 is 0. The molecule has 5 heteroatoms. The number of rotatable bonds is 5. The Balaban J connectivity index is 2.10. The molecule has 18 heavy (non-hydrogen) atoms. The van der Waals surface area contributed by atoms with Gasteiger partial charge >= 0.3 is 0 Å². The highest BCUT2D eigenvalue weighted by atomic mass is 15.4. The van der Waals surface area contributed by atoms with Gasteiger partial charge in [-0.3, -0.25) is 4.90 Å². The SMILES string of the molecule is CC(C)n1ncnc1CN(C)C1(CN)CCCC1. The van der Waals surface area contributed by atoms with Crippen LogP contribution in [0.4, 0.5) is 0 Å². The van der Waals surface area contributed by atoms with Gasteiger partial charge in [0.05, 0.1) is 6.54 Å². The van der Waals surface area contributed by atoms with Crippen molar-refractivity contribution in [3.05, 3.63) is 12.2 Å². The highest BCUT2D eigenvalue weighted by Crippen LogP contribution is 2.34. The Bertz CT molecular complexity index is 378. The molecular weight excluding hydrogens is 226 g/mol. The smallest absolute Gasteiger partial charge is 0.141 e. The summed E-state index contributed by atoms with van der Waals surface area (Å²) in [6.45, 7) is 5.83. The standard InChI is InChI=1S/C13H25N5/c1-11(2)18-12(15-10-16-18)8-17(3)13(9-14)6-4-5-7-13/h10-11H,4-9,14H2,1-3H3. The topological polar surface area (TPSA) is 60.0 Å². The number of hydrogen-bond donors (Lipinski definition) is 1. The normalized spacial score (nSPS) is 19.0. The monoisotopic (exact) mass is 251 g/mol. The van der Waals surface area contributed by atoms with Gasteiger partial charge in [-0.15, -0.1) is 0 Å². The number of aromatic nitrogens is 3. The molecule has 1 aromatic rings. The summed E-state index contributed by atoms with van der Waals surface area (Å²) < 4.78 is 2.00. The second-order valence-electron chi connectivity index (χ2n) is 5.71. The van der Waals surface area contributed by atoms with E-state index in [0.717, 1.165) is 18.9 Å². The van der Waals surface area contributed by atoms with Crippen LogP contribution < -0.4 is 5.73 Å². The first-order chi connectivity index (χ1) is 8.59. The Morgan fingerprint density at radius 1 is 1.44 bits per heavy atom. The molecule has 0 aliphatic heterocycles. The summed E-state index contributed by atoms with van der Waals surface area (Å²) in [5.41, 5.74) is 6.19. The highest BCUT2D eigenvalue weighted by molar-refractivity contribution is 4.97. The second-order valence-corrected chi connectivity index (χ2v) is 5.71. The Kier molecular flexibility index (Phi) is 4.02. The molecule has 2 N–H and O–H groups in total. The first kappa shape index (κ1) is 13.5. The van der Waals surface area contributed by atoms with E-state index in [4.69, 9.17) is 5.73 Å². The van der Waals surface area contributed by atoms with Crippen LogP contribution >= 0.6 is 0 Å². The summed E-state index contributed by atoms with van der Waals surface area (Å²) in [7, 11) is 2.16. The summed E-state index contributed by atoms with van der Waals surface area (Å²) in [6.07, 6.45) is 6.63. The first-order valence-electron chi connectivity index (χ1n) is 6.89. The molecule has 0 radical (unpaired) electrons. The van der Waals surface area contributed by atoms with Gasteiger partial charge in [-0.2, -0.15) is 5.10 Å². The van der Waals surface area contributed by atoms with Gasteiger partial charge in [0.25, 0.3) is 0 Å². The van der Waals surface area contributed by atoms with Crippen molar-refractivity contribution in [3.63, 3.8) is 0 Å². The molecule has 1 heterocycles. The Morgan fingerprint density at radius 3 is 2.67 bits per heavy atom. The van der Waals surface area contributed by atoms with Crippen LogP contribution in [-0.4, -0.2) is 38.8 Å². The maximum atomic E-state index is 6.01. The van der Waals surface area contributed by atoms with Crippen LogP contribution in [0.2, 0.25) is 0 Å². The quantitative estimate of drug-likeness (QED) is 0.863. The van der Waals surface area contributed by atoms with Crippen LogP contribution in [0.1, 0.15) is 51.4 Å². The van der Waals surface area contributed by atoms with E-state index in [1.807, 2.05) is 4.68 Å². The molecule has 0 unspecified atom stereocenters. The summed E-state index contributed by atoms with van der Waals surface area (Å²) in [5, 5.41) is 4.29. The fourth-order valence-electron chi connectivity index (χ4n) is 2.97. The van der Waals surface area contributed by atoms with E-state index in [0.29, 0.717) is 6.04 Å². The number of nitrogens with two attached hydrogens (primary N) is 1. The highest BCUT2D eigenvalue weighted by Gasteiger charge is 2.36. The Hall–Kier alpha value is -0.940. The van der Waals surface area contributed by atoms with E-state index < -0.39 is 0 Å². The summed E-state index contributed by atoms with van der Waals surface area (Å²) in [5.74, 6) is 1.03. The van der Waals surface area contributed by atoms with Crippen molar-refractivity contribution in [3.8, 4) is 0 Å². The zero-order valence-corrected chi connectivity index (χ0v) is 11.8. The Morgan fingerprint density at radius 2 is 2.11 bits per heavy atom. The van der Waals surface area contributed by atoms with Crippen LogP contribution in [0, 0.1) is 0 Å². The molecule has 1 aliphatic rings. The summed E-state index contributed by atoms with van der Waals surface area (Å²) in [4.78, 5) is 6.76. The zero-order valence-electron chi connectivity index (χ0n) is 11.8. The summed E-state index contributed by atoms with van der Waals surface area (Å²) in [6, 6.07) is 0.355. The molecular formula is C13H25N5. The van der Waals surface area contributed by atoms with Crippen LogP contribution in [0.5, 0.6) is 0 Å². The van der Waals surface area contributed by atoms with Crippen LogP contribution in [0.25, 0.3) is 0 Å². The molecule has 1 saturated carbocycles. The molecule has 102 valence electrons. The van der Waals surface area contributed by atoms with Gasteiger partial charge in [0.15, 0.2) is 0 Å². The maximum absolute atomic E-state index is 6.01. The number of likely N-dealkylation sites (N-methyl/N-ethyl adjacent to an activating group) is 1. The average molecular weight is 251 g/mol. The van der Waals surface area contributed by atoms with Crippen molar-refractivity contribution >= 4 is 0 Å². The van der Waals surface area contributed by atoms with Gasteiger partial charge in [0.2, 0.25) is 0 Å². The molecule has 0 bridgehead atoms. The minimum Gasteiger partial charge on any atom is -0.329 e. The predicted octanol–water partition coefficient (Wildman–Crippen LogP) is 1.56. The fourth-order valence-corrected chi connectivity index (χ4v) is 2.97. The minimum absolute atomic E-state index is 0.174. The van der Waals surface area contributed by atoms with Gasteiger partial charge in [-0.1, -0.05) is 12.8 Å². The third-order valence-electron chi connectivity index (χ3n) is 4.24. The van der Waals surface area contributed by atoms with E-state index in [9.17, 15) is 0 Å². The number of hydrogen-bond acceptors (Lipinski definition) is 4. The minimum atomic E-state index is 0.174. The fraction of sp³-hybridized carbons (Fsp3) is 0.846. The second kappa shape index (κ2) is 5.36. The van der Waals surface area contributed by atoms with Crippen LogP contribution in [0.3, 0.4) is 0 Å². The van der Waals surface area contributed by atoms with Gasteiger partial charge in [0.1, 0.15) is 12.2 Å². The van der Waals surface area contributed by atoms with E-state index >= 15 is 0 Å². The molecule has 2 rings (SSSR count). The lowest BCUT2D eigenvalue weighted by Crippen LogP contribution is -2.49. The third-order valence-corrected chi connectivity index (χ3v) is 4.24. The van der Waals surface area contributed by atoms with Crippen molar-refractivity contribution < 1.29 is 0 Å². The van der Waals surface area contributed by atoms with Crippen LogP contribution in [0.15, 0.2) is 6.33 Å². The van der Waals surface area contributed by atoms with E-state index in [1.54, 1.807) is 6.33 Å². The Labute approximate surface area is 109 Å². The lowest BCUT2D eigenvalue weighted by Gasteiger charge is -2.37. The predicted molar refractivity (Wildman–Crippen MR) is 72.1 cm³/mol. The number of nitrogens with zero attached hydrogens (tertiary/aromatic N) is 4. The van der Waals surface area contributed by atoms with Crippen molar-refractivity contribution in [2.24, 2.45) is 5.73 Å². The lowest BCUT2D eigenvalue weighted by molar-refractivity contribution is 0.118. The van der Waals surface area contributed by atoms with E-state index in [1.165, 1.54) is 25.7 Å². The van der Waals surface area contributed by atoms with Gasteiger partial charge in [-0.05, 0) is 33.7 Å². The van der Waals surface area contributed by atoms with E-state index in [2.05, 4.69) is 35.9 Å². The van der Waals surface area contributed by atoms with Gasteiger partial charge in [-0.25, -0.2) is 9.67 Å². The van der Waals surface area contributed by atoms with Gasteiger partial charge < -0.3 is 5.73 Å². The molecule has 5 nitrogen and oxygen atoms in total. The molecule has 0 spiro atoms. The molecule has 1 aliphatic carbocycles. The first-order valence-corrected chi connectivity index (χ1v) is 6.89. The van der Waals surface area contributed by atoms with Gasteiger partial charge in [0, 0.05) is 18.1 Å². The molecule has 0 saturated heterocycles. The molecule has 0 atom stereocenters. The zero-order chi connectivity index (χ0) is 13.2. The molecule has 1 fully saturated rings. The largest absolute Gasteiger partial charge is 0.329 e. The lowest BCUT2D eigenvalue weighted by atomic mass is 9.96. The van der Waals surface area contributed by atoms with E-state index in [-0.39, 0.29) is 5.54 Å². The van der Waals surface area contributed by atoms with Crippen molar-refractivity contribution in [1.82, 2.24) is 19.7 Å². The van der Waals surface area contributed by atoms with Crippen molar-refractivity contribution in [1.29, 1.82) is 0 Å².